The molecule has 1 aromatic carbocycles. The standard InChI is InChI=1S/C24H22FN7O2/c1-15-12-32-22(28-23(15)30-13-17(11-27)34-14-30)9-20(29-32)21-4-2-3-7-31(21)24(33)18-6-5-16(10-26)8-19(18)25/h5-6,8-9,12,17,21H,2-4,7,13-14H2,1H3/t17?,21-/m0/s1. The van der Waals surface area contributed by atoms with Gasteiger partial charge in [0.1, 0.15) is 18.4 Å². The summed E-state index contributed by atoms with van der Waals surface area (Å²) >= 11 is 0. The van der Waals surface area contributed by atoms with E-state index in [2.05, 4.69) is 6.07 Å². The number of fused-ring (bicyclic) bond motifs is 1. The molecule has 2 aliphatic rings. The average molecular weight is 459 g/mol. The molecule has 34 heavy (non-hydrogen) atoms. The molecule has 0 radical (unpaired) electrons. The summed E-state index contributed by atoms with van der Waals surface area (Å²) in [4.78, 5) is 21.6. The van der Waals surface area contributed by atoms with Gasteiger partial charge in [-0.2, -0.15) is 15.6 Å². The summed E-state index contributed by atoms with van der Waals surface area (Å²) in [7, 11) is 0. The molecule has 0 aliphatic carbocycles. The molecule has 0 bridgehead atoms. The van der Waals surface area contributed by atoms with Gasteiger partial charge in [0.25, 0.3) is 5.91 Å². The van der Waals surface area contributed by atoms with Crippen LogP contribution in [0.25, 0.3) is 5.65 Å². The van der Waals surface area contributed by atoms with Crippen molar-refractivity contribution in [2.45, 2.75) is 38.3 Å². The molecule has 0 spiro atoms. The van der Waals surface area contributed by atoms with Crippen molar-refractivity contribution in [1.82, 2.24) is 19.5 Å². The maximum Gasteiger partial charge on any atom is 0.257 e. The number of piperidine rings is 1. The van der Waals surface area contributed by atoms with Gasteiger partial charge in [-0.3, -0.25) is 4.79 Å². The first-order valence-electron chi connectivity index (χ1n) is 11.1. The first-order chi connectivity index (χ1) is 16.5. The summed E-state index contributed by atoms with van der Waals surface area (Å²) in [6.45, 7) is 3.16. The number of likely N-dealkylation sites (tertiary alicyclic amines) is 1. The molecular formula is C24H22FN7O2. The Balaban J connectivity index is 1.46. The molecular weight excluding hydrogens is 437 g/mol. The molecule has 4 heterocycles. The van der Waals surface area contributed by atoms with Crippen molar-refractivity contribution in [2.24, 2.45) is 0 Å². The molecule has 10 heteroatoms. The zero-order valence-electron chi connectivity index (χ0n) is 18.6. The lowest BCUT2D eigenvalue weighted by atomic mass is 9.98. The minimum absolute atomic E-state index is 0.0491. The first-order valence-corrected chi connectivity index (χ1v) is 11.1. The second kappa shape index (κ2) is 8.73. The minimum atomic E-state index is -0.700. The molecule has 0 saturated carbocycles. The van der Waals surface area contributed by atoms with Gasteiger partial charge in [-0.1, -0.05) is 0 Å². The van der Waals surface area contributed by atoms with Crippen LogP contribution >= 0.6 is 0 Å². The lowest BCUT2D eigenvalue weighted by Crippen LogP contribution is -2.39. The third kappa shape index (κ3) is 3.82. The van der Waals surface area contributed by atoms with Gasteiger partial charge >= 0.3 is 0 Å². The normalized spacial score (nSPS) is 20.4. The summed E-state index contributed by atoms with van der Waals surface area (Å²) in [5.74, 6) is -0.382. The number of hydrogen-bond acceptors (Lipinski definition) is 7. The number of aryl methyl sites for hydroxylation is 1. The Morgan fingerprint density at radius 1 is 1.26 bits per heavy atom. The van der Waals surface area contributed by atoms with Crippen molar-refractivity contribution in [3.63, 3.8) is 0 Å². The largest absolute Gasteiger partial charge is 0.341 e. The third-order valence-electron chi connectivity index (χ3n) is 6.32. The molecule has 2 atom stereocenters. The van der Waals surface area contributed by atoms with Crippen molar-refractivity contribution >= 4 is 17.4 Å². The minimum Gasteiger partial charge on any atom is -0.341 e. The number of carbonyl (C=O) groups is 1. The second-order valence-corrected chi connectivity index (χ2v) is 8.57. The highest BCUT2D eigenvalue weighted by Gasteiger charge is 2.32. The summed E-state index contributed by atoms with van der Waals surface area (Å²) < 4.78 is 21.7. The van der Waals surface area contributed by atoms with E-state index < -0.39 is 17.8 Å². The number of ether oxygens (including phenoxy) is 1. The summed E-state index contributed by atoms with van der Waals surface area (Å²) in [5, 5.41) is 22.8. The number of rotatable bonds is 3. The fraction of sp³-hybridized carbons (Fsp3) is 0.375. The van der Waals surface area contributed by atoms with Crippen molar-refractivity contribution in [3.8, 4) is 12.1 Å². The fourth-order valence-electron chi connectivity index (χ4n) is 4.61. The maximum atomic E-state index is 14.6. The van der Waals surface area contributed by atoms with E-state index in [0.717, 1.165) is 30.3 Å². The molecule has 1 amide bonds. The van der Waals surface area contributed by atoms with Gasteiger partial charge in [-0.15, -0.1) is 0 Å². The van der Waals surface area contributed by atoms with E-state index in [1.54, 1.807) is 9.42 Å². The number of aromatic nitrogens is 3. The first kappa shape index (κ1) is 21.8. The second-order valence-electron chi connectivity index (χ2n) is 8.57. The fourth-order valence-corrected chi connectivity index (χ4v) is 4.61. The Bertz CT molecular complexity index is 1360. The molecule has 2 saturated heterocycles. The van der Waals surface area contributed by atoms with Crippen LogP contribution in [0.5, 0.6) is 0 Å². The van der Waals surface area contributed by atoms with Gasteiger partial charge in [0, 0.05) is 24.4 Å². The molecule has 2 aliphatic heterocycles. The van der Waals surface area contributed by atoms with Crippen molar-refractivity contribution < 1.29 is 13.9 Å². The predicted molar refractivity (Wildman–Crippen MR) is 119 cm³/mol. The van der Waals surface area contributed by atoms with Crippen LogP contribution in [0.15, 0.2) is 30.5 Å². The van der Waals surface area contributed by atoms with E-state index in [-0.39, 0.29) is 17.2 Å². The summed E-state index contributed by atoms with van der Waals surface area (Å²) in [6.07, 6.45) is 3.85. The molecule has 0 N–H and O–H groups in total. The lowest BCUT2D eigenvalue weighted by molar-refractivity contribution is 0.0601. The number of halogens is 1. The van der Waals surface area contributed by atoms with Gasteiger partial charge in [0.15, 0.2) is 11.8 Å². The van der Waals surface area contributed by atoms with E-state index in [4.69, 9.17) is 25.3 Å². The lowest BCUT2D eigenvalue weighted by Gasteiger charge is -2.34. The van der Waals surface area contributed by atoms with Gasteiger partial charge < -0.3 is 14.5 Å². The highest BCUT2D eigenvalue weighted by atomic mass is 19.1. The topological polar surface area (TPSA) is 111 Å². The Morgan fingerprint density at radius 3 is 2.85 bits per heavy atom. The monoisotopic (exact) mass is 459 g/mol. The zero-order chi connectivity index (χ0) is 23.8. The van der Waals surface area contributed by atoms with Gasteiger partial charge in [0.05, 0.1) is 41.5 Å². The van der Waals surface area contributed by atoms with Crippen LogP contribution < -0.4 is 4.90 Å². The smallest absolute Gasteiger partial charge is 0.257 e. The van der Waals surface area contributed by atoms with Crippen molar-refractivity contribution in [2.75, 3.05) is 24.7 Å². The van der Waals surface area contributed by atoms with Crippen LogP contribution in [0.2, 0.25) is 0 Å². The third-order valence-corrected chi connectivity index (χ3v) is 6.32. The van der Waals surface area contributed by atoms with Gasteiger partial charge in [0.2, 0.25) is 0 Å². The van der Waals surface area contributed by atoms with Crippen LogP contribution in [0.4, 0.5) is 10.2 Å². The zero-order valence-corrected chi connectivity index (χ0v) is 18.6. The number of amides is 1. The molecule has 2 aromatic heterocycles. The molecule has 3 aromatic rings. The number of hydrogen-bond donors (Lipinski definition) is 0. The molecule has 2 fully saturated rings. The average Bonchev–Trinajstić information content (AvgIpc) is 3.49. The summed E-state index contributed by atoms with van der Waals surface area (Å²) in [5.41, 5.74) is 2.33. The Kier molecular flexibility index (Phi) is 5.60. The highest BCUT2D eigenvalue weighted by molar-refractivity contribution is 5.95. The Morgan fingerprint density at radius 2 is 2.12 bits per heavy atom. The maximum absolute atomic E-state index is 14.6. The number of benzene rings is 1. The quantitative estimate of drug-likeness (QED) is 0.592. The number of carbonyl (C=O) groups excluding carboxylic acids is 1. The van der Waals surface area contributed by atoms with Crippen LogP contribution in [0.3, 0.4) is 0 Å². The molecule has 172 valence electrons. The van der Waals surface area contributed by atoms with Crippen molar-refractivity contribution in [3.05, 3.63) is 58.7 Å². The Hall–Kier alpha value is -4.02. The number of anilines is 1. The van der Waals surface area contributed by atoms with E-state index in [1.807, 2.05) is 30.2 Å². The SMILES string of the molecule is Cc1cn2nc([C@@H]3CCCCN3C(=O)c3ccc(C#N)cc3F)cc2nc1N1COC(C#N)C1. The molecule has 9 nitrogen and oxygen atoms in total. The highest BCUT2D eigenvalue weighted by Crippen LogP contribution is 2.33. The number of nitrogens with zero attached hydrogens (tertiary/aromatic N) is 7. The van der Waals surface area contributed by atoms with Crippen LogP contribution in [-0.4, -0.2) is 51.3 Å². The van der Waals surface area contributed by atoms with E-state index >= 15 is 0 Å². The number of nitriles is 2. The Labute approximate surface area is 195 Å². The van der Waals surface area contributed by atoms with E-state index in [0.29, 0.717) is 37.6 Å². The van der Waals surface area contributed by atoms with Crippen LogP contribution in [0, 0.1) is 35.4 Å². The van der Waals surface area contributed by atoms with Gasteiger partial charge in [-0.05, 0) is 44.4 Å². The van der Waals surface area contributed by atoms with E-state index in [9.17, 15) is 9.18 Å². The van der Waals surface area contributed by atoms with Crippen LogP contribution in [-0.2, 0) is 4.74 Å². The predicted octanol–water partition coefficient (Wildman–Crippen LogP) is 3.10. The van der Waals surface area contributed by atoms with Crippen molar-refractivity contribution in [1.29, 1.82) is 10.5 Å². The van der Waals surface area contributed by atoms with Crippen LogP contribution in [0.1, 0.15) is 52.5 Å². The van der Waals surface area contributed by atoms with Gasteiger partial charge in [-0.25, -0.2) is 13.9 Å². The molecule has 1 unspecified atom stereocenters. The molecule has 5 rings (SSSR count). The summed E-state index contributed by atoms with van der Waals surface area (Å²) in [6, 6.07) is 9.46. The van der Waals surface area contributed by atoms with E-state index in [1.165, 1.54) is 12.1 Å².